The Bertz CT molecular complexity index is 243. The molecule has 0 bridgehead atoms. The first kappa shape index (κ1) is 15.3. The molecular formula is C10H17ClO5. The quantitative estimate of drug-likeness (QED) is 0.549. The van der Waals surface area contributed by atoms with Crippen LogP contribution in [0.25, 0.3) is 0 Å². The second-order valence-electron chi connectivity index (χ2n) is 3.67. The standard InChI is InChI=1S/C10H17ClO5/c1-2-3-6(12)4-8(13)9(14)5-7(11)10(15)16/h7-9,13-14H,2-5H2,1H3,(H,15,16). The topological polar surface area (TPSA) is 94.8 Å². The Morgan fingerprint density at radius 2 is 1.81 bits per heavy atom. The summed E-state index contributed by atoms with van der Waals surface area (Å²) in [6, 6.07) is 0. The average Bonchev–Trinajstić information content (AvgIpc) is 2.17. The fourth-order valence-corrected chi connectivity index (χ4v) is 1.40. The van der Waals surface area contributed by atoms with E-state index in [2.05, 4.69) is 0 Å². The predicted molar refractivity (Wildman–Crippen MR) is 58.4 cm³/mol. The molecule has 0 aromatic carbocycles. The molecule has 16 heavy (non-hydrogen) atoms. The molecule has 0 spiro atoms. The normalized spacial score (nSPS) is 16.5. The zero-order valence-electron chi connectivity index (χ0n) is 9.10. The van der Waals surface area contributed by atoms with E-state index in [0.29, 0.717) is 12.8 Å². The fraction of sp³-hybridized carbons (Fsp3) is 0.800. The average molecular weight is 253 g/mol. The van der Waals surface area contributed by atoms with Crippen LogP contribution < -0.4 is 0 Å². The second-order valence-corrected chi connectivity index (χ2v) is 4.20. The van der Waals surface area contributed by atoms with E-state index in [1.807, 2.05) is 6.92 Å². The largest absolute Gasteiger partial charge is 0.480 e. The maximum atomic E-state index is 11.2. The van der Waals surface area contributed by atoms with Gasteiger partial charge < -0.3 is 15.3 Å². The minimum Gasteiger partial charge on any atom is -0.480 e. The van der Waals surface area contributed by atoms with Crippen molar-refractivity contribution in [3.8, 4) is 0 Å². The summed E-state index contributed by atoms with van der Waals surface area (Å²) in [6.07, 6.45) is -1.98. The predicted octanol–water partition coefficient (Wildman–Crippen LogP) is 0.550. The van der Waals surface area contributed by atoms with Crippen molar-refractivity contribution in [2.45, 2.75) is 50.2 Å². The van der Waals surface area contributed by atoms with Crippen LogP contribution in [-0.4, -0.2) is 44.7 Å². The van der Waals surface area contributed by atoms with Gasteiger partial charge in [0.05, 0.1) is 12.2 Å². The highest BCUT2D eigenvalue weighted by molar-refractivity contribution is 6.29. The van der Waals surface area contributed by atoms with Gasteiger partial charge in [-0.15, -0.1) is 11.6 Å². The Hall–Kier alpha value is -0.650. The van der Waals surface area contributed by atoms with Crippen LogP contribution in [-0.2, 0) is 9.59 Å². The Balaban J connectivity index is 4.03. The van der Waals surface area contributed by atoms with Gasteiger partial charge in [0.25, 0.3) is 0 Å². The van der Waals surface area contributed by atoms with Gasteiger partial charge in [0, 0.05) is 19.3 Å². The number of aliphatic hydroxyl groups excluding tert-OH is 2. The monoisotopic (exact) mass is 252 g/mol. The van der Waals surface area contributed by atoms with Crippen LogP contribution >= 0.6 is 11.6 Å². The third-order valence-electron chi connectivity index (χ3n) is 2.13. The van der Waals surface area contributed by atoms with Crippen molar-refractivity contribution < 1.29 is 24.9 Å². The van der Waals surface area contributed by atoms with Gasteiger partial charge in [0.1, 0.15) is 11.2 Å². The van der Waals surface area contributed by atoms with Gasteiger partial charge in [-0.1, -0.05) is 6.92 Å². The number of carboxylic acid groups (broad SMARTS) is 1. The molecular weight excluding hydrogens is 236 g/mol. The number of aliphatic carboxylic acids is 1. The van der Waals surface area contributed by atoms with Crippen molar-refractivity contribution in [1.29, 1.82) is 0 Å². The van der Waals surface area contributed by atoms with E-state index in [-0.39, 0.29) is 18.6 Å². The molecule has 6 heteroatoms. The SMILES string of the molecule is CCCC(=O)CC(O)C(O)CC(Cl)C(=O)O. The molecule has 94 valence electrons. The Labute approximate surface area is 99.0 Å². The van der Waals surface area contributed by atoms with E-state index in [1.165, 1.54) is 0 Å². The highest BCUT2D eigenvalue weighted by Crippen LogP contribution is 2.12. The number of ketones is 1. The van der Waals surface area contributed by atoms with E-state index in [4.69, 9.17) is 16.7 Å². The molecule has 0 heterocycles. The molecule has 5 nitrogen and oxygen atoms in total. The lowest BCUT2D eigenvalue weighted by atomic mass is 10.0. The highest BCUT2D eigenvalue weighted by Gasteiger charge is 2.25. The number of hydrogen-bond donors (Lipinski definition) is 3. The molecule has 0 aromatic rings. The van der Waals surface area contributed by atoms with Crippen molar-refractivity contribution in [3.05, 3.63) is 0 Å². The molecule has 3 unspecified atom stereocenters. The number of carbonyl (C=O) groups is 2. The zero-order valence-corrected chi connectivity index (χ0v) is 9.85. The van der Waals surface area contributed by atoms with Gasteiger partial charge in [-0.05, 0) is 6.42 Å². The summed E-state index contributed by atoms with van der Waals surface area (Å²) in [5.41, 5.74) is 0. The minimum absolute atomic E-state index is 0.157. The van der Waals surface area contributed by atoms with Gasteiger partial charge in [-0.2, -0.15) is 0 Å². The van der Waals surface area contributed by atoms with Crippen LogP contribution in [0.3, 0.4) is 0 Å². The number of carboxylic acids is 1. The lowest BCUT2D eigenvalue weighted by Crippen LogP contribution is -2.32. The Morgan fingerprint density at radius 1 is 1.25 bits per heavy atom. The molecule has 0 aliphatic heterocycles. The van der Waals surface area contributed by atoms with Crippen molar-refractivity contribution >= 4 is 23.4 Å². The van der Waals surface area contributed by atoms with E-state index in [0.717, 1.165) is 0 Å². The van der Waals surface area contributed by atoms with Gasteiger partial charge in [-0.25, -0.2) is 0 Å². The van der Waals surface area contributed by atoms with Crippen LogP contribution in [0, 0.1) is 0 Å². The van der Waals surface area contributed by atoms with Crippen molar-refractivity contribution in [3.63, 3.8) is 0 Å². The summed E-state index contributed by atoms with van der Waals surface area (Å²) in [7, 11) is 0. The molecule has 0 amide bonds. The Kier molecular flexibility index (Phi) is 7.29. The minimum atomic E-state index is -1.29. The number of rotatable bonds is 8. The van der Waals surface area contributed by atoms with Crippen molar-refractivity contribution in [2.75, 3.05) is 0 Å². The van der Waals surface area contributed by atoms with E-state index < -0.39 is 23.6 Å². The Morgan fingerprint density at radius 3 is 2.25 bits per heavy atom. The summed E-state index contributed by atoms with van der Waals surface area (Å²) >= 11 is 5.40. The number of carbonyl (C=O) groups excluding carboxylic acids is 1. The molecule has 0 aliphatic rings. The maximum absolute atomic E-state index is 11.2. The fourth-order valence-electron chi connectivity index (χ4n) is 1.22. The first-order chi connectivity index (χ1) is 7.38. The van der Waals surface area contributed by atoms with Gasteiger partial charge in [0.15, 0.2) is 0 Å². The first-order valence-electron chi connectivity index (χ1n) is 5.13. The van der Waals surface area contributed by atoms with Gasteiger partial charge in [-0.3, -0.25) is 9.59 Å². The lowest BCUT2D eigenvalue weighted by molar-refractivity contribution is -0.137. The van der Waals surface area contributed by atoms with Crippen LogP contribution in [0.2, 0.25) is 0 Å². The molecule has 3 atom stereocenters. The lowest BCUT2D eigenvalue weighted by Gasteiger charge is -2.18. The summed E-state index contributed by atoms with van der Waals surface area (Å²) < 4.78 is 0. The maximum Gasteiger partial charge on any atom is 0.321 e. The van der Waals surface area contributed by atoms with Gasteiger partial charge >= 0.3 is 5.97 Å². The molecule has 0 aromatic heterocycles. The van der Waals surface area contributed by atoms with Gasteiger partial charge in [0.2, 0.25) is 0 Å². The van der Waals surface area contributed by atoms with Crippen molar-refractivity contribution in [2.24, 2.45) is 0 Å². The molecule has 0 fully saturated rings. The molecule has 0 saturated carbocycles. The number of Topliss-reactive ketones (excluding diaryl/α,β-unsaturated/α-hetero) is 1. The molecule has 0 radical (unpaired) electrons. The number of aliphatic hydroxyl groups is 2. The van der Waals surface area contributed by atoms with Crippen LogP contribution in [0.15, 0.2) is 0 Å². The highest BCUT2D eigenvalue weighted by atomic mass is 35.5. The van der Waals surface area contributed by atoms with Crippen LogP contribution in [0.4, 0.5) is 0 Å². The number of alkyl halides is 1. The molecule has 0 saturated heterocycles. The van der Waals surface area contributed by atoms with Crippen molar-refractivity contribution in [1.82, 2.24) is 0 Å². The summed E-state index contributed by atoms with van der Waals surface area (Å²) in [5.74, 6) is -1.41. The first-order valence-corrected chi connectivity index (χ1v) is 5.56. The number of hydrogen-bond acceptors (Lipinski definition) is 4. The van der Waals surface area contributed by atoms with Crippen LogP contribution in [0.5, 0.6) is 0 Å². The second kappa shape index (κ2) is 7.60. The summed E-state index contributed by atoms with van der Waals surface area (Å²) in [5, 5.41) is 26.1. The summed E-state index contributed by atoms with van der Waals surface area (Å²) in [6.45, 7) is 1.83. The molecule has 3 N–H and O–H groups in total. The number of halogens is 1. The smallest absolute Gasteiger partial charge is 0.321 e. The van der Waals surface area contributed by atoms with Crippen LogP contribution in [0.1, 0.15) is 32.6 Å². The summed E-state index contributed by atoms with van der Waals surface area (Å²) in [4.78, 5) is 21.5. The third kappa shape index (κ3) is 6.05. The third-order valence-corrected chi connectivity index (χ3v) is 2.49. The molecule has 0 aliphatic carbocycles. The molecule has 0 rings (SSSR count). The van der Waals surface area contributed by atoms with E-state index >= 15 is 0 Å². The van der Waals surface area contributed by atoms with E-state index in [1.54, 1.807) is 0 Å². The zero-order chi connectivity index (χ0) is 12.7. The van der Waals surface area contributed by atoms with E-state index in [9.17, 15) is 19.8 Å².